The van der Waals surface area contributed by atoms with Crippen LogP contribution in [0.5, 0.6) is 0 Å². The number of carboxylic acid groups (broad SMARTS) is 8. The number of carbonyl (C=O) groups is 12. The molecule has 4 aliphatic heterocycles. The smallest absolute Gasteiger partial charge is 0.550 e. The molecular formula is C52H56Br4O24Ti. The number of carbonyl (C=O) groups excluding carboxylic acids is 8. The van der Waals surface area contributed by atoms with E-state index in [0.717, 1.165) is 25.7 Å². The summed E-state index contributed by atoms with van der Waals surface area (Å²) in [7, 11) is 0. The van der Waals surface area contributed by atoms with E-state index in [9.17, 15) is 78.0 Å². The molecule has 4 saturated heterocycles. The predicted octanol–water partition coefficient (Wildman–Crippen LogP) is -0.185. The van der Waals surface area contributed by atoms with Gasteiger partial charge >= 0.3 is 69.5 Å². The van der Waals surface area contributed by atoms with Gasteiger partial charge in [0.15, 0.2) is 0 Å². The fraction of sp³-hybridized carbons (Fsp3) is 0.615. The molecule has 0 aromatic carbocycles. The predicted molar refractivity (Wildman–Crippen MR) is 275 cm³/mol. The molecule has 12 rings (SSSR count). The van der Waals surface area contributed by atoms with Crippen LogP contribution in [-0.4, -0.2) is 136 Å². The van der Waals surface area contributed by atoms with Gasteiger partial charge in [0.05, 0.1) is 43.0 Å². The Morgan fingerprint density at radius 2 is 0.506 bits per heavy atom. The Labute approximate surface area is 511 Å². The topological polar surface area (TPSA) is 415 Å². The van der Waals surface area contributed by atoms with Crippen LogP contribution < -0.4 is 20.4 Å². The van der Waals surface area contributed by atoms with Crippen LogP contribution in [-0.2, 0) is 98.2 Å². The minimum absolute atomic E-state index is 0. The van der Waals surface area contributed by atoms with Crippen LogP contribution in [0.4, 0.5) is 0 Å². The van der Waals surface area contributed by atoms with E-state index < -0.39 is 95.1 Å². The molecule has 0 aromatic rings. The first-order valence-electron chi connectivity index (χ1n) is 24.8. The van der Waals surface area contributed by atoms with Gasteiger partial charge in [-0.2, -0.15) is 0 Å². The Bertz CT molecular complexity index is 2260. The zero-order valence-corrected chi connectivity index (χ0v) is 51.4. The van der Waals surface area contributed by atoms with Gasteiger partial charge in [0.25, 0.3) is 0 Å². The molecular weight excluding hydrogens is 1380 g/mol. The summed E-state index contributed by atoms with van der Waals surface area (Å²) in [6.07, 6.45) is 2.68. The van der Waals surface area contributed by atoms with Gasteiger partial charge in [0.1, 0.15) is 24.4 Å². The maximum absolute atomic E-state index is 11.4. The van der Waals surface area contributed by atoms with Crippen LogP contribution >= 0.6 is 63.7 Å². The number of aliphatic carboxylic acids is 8. The van der Waals surface area contributed by atoms with Crippen LogP contribution in [0.1, 0.15) is 53.4 Å². The third-order valence-electron chi connectivity index (χ3n) is 16.6. The van der Waals surface area contributed by atoms with Crippen LogP contribution in [0.3, 0.4) is 0 Å². The van der Waals surface area contributed by atoms with Crippen molar-refractivity contribution < 1.29 is 139 Å². The van der Waals surface area contributed by atoms with Crippen LogP contribution in [0.25, 0.3) is 0 Å². The van der Waals surface area contributed by atoms with E-state index in [1.54, 1.807) is 0 Å². The van der Waals surface area contributed by atoms with Crippen molar-refractivity contribution >= 4 is 135 Å². The summed E-state index contributed by atoms with van der Waals surface area (Å²) in [5.74, 6) is -13.5. The average Bonchev–Trinajstić information content (AvgIpc) is 4.23. The molecule has 24 nitrogen and oxygen atoms in total. The number of esters is 4. The first kappa shape index (κ1) is 68.7. The molecule has 8 saturated carbocycles. The molecule has 8 bridgehead atoms. The van der Waals surface area contributed by atoms with Crippen molar-refractivity contribution in [3.8, 4) is 0 Å². The van der Waals surface area contributed by atoms with Gasteiger partial charge in [-0.3, -0.25) is 19.2 Å². The Kier molecular flexibility index (Phi) is 23.2. The van der Waals surface area contributed by atoms with Crippen molar-refractivity contribution in [1.82, 2.24) is 0 Å². The van der Waals surface area contributed by atoms with Crippen molar-refractivity contribution in [3.05, 3.63) is 48.6 Å². The minimum atomic E-state index is -1.11. The monoisotopic (exact) mass is 1430 g/mol. The van der Waals surface area contributed by atoms with Crippen molar-refractivity contribution in [3.63, 3.8) is 0 Å². The van der Waals surface area contributed by atoms with Gasteiger partial charge < -0.3 is 79.0 Å². The minimum Gasteiger partial charge on any atom is -0.550 e. The van der Waals surface area contributed by atoms with Gasteiger partial charge in [0, 0.05) is 93.5 Å². The van der Waals surface area contributed by atoms with E-state index in [2.05, 4.69) is 90.0 Å². The second kappa shape index (κ2) is 27.3. The van der Waals surface area contributed by atoms with E-state index in [-0.39, 0.29) is 159 Å². The number of hydrogen-bond acceptors (Lipinski definition) is 20. The van der Waals surface area contributed by atoms with E-state index in [0.29, 0.717) is 0 Å². The Morgan fingerprint density at radius 3 is 0.617 bits per heavy atom. The summed E-state index contributed by atoms with van der Waals surface area (Å²) < 4.78 is 20.6. The SMILES string of the molecule is C=C(C)C(=O)O.C=C(C)C(=O)O.C=C(C)C(=O)O.C=C(C)C(=O)O.O=C([O-])C1C2CC3C(OC(=O)C31)C2Br.O=C([O-])C1C2CC3C(OC(=O)C31)C2Br.O=C([O-])C1C2CC3C(OC(=O)C31)C2Br.O=C([O-])C1C2CC3C(OC(=O)C31)C2Br.[Ti+4]. The second-order valence-electron chi connectivity index (χ2n) is 21.5. The molecule has 8 aliphatic carbocycles. The summed E-state index contributed by atoms with van der Waals surface area (Å²) in [6.45, 7) is 18.4. The Balaban J connectivity index is 0.000000205. The summed E-state index contributed by atoms with van der Waals surface area (Å²) in [5.41, 5.74) is 0.704. The van der Waals surface area contributed by atoms with Crippen molar-refractivity contribution in [2.45, 2.75) is 97.1 Å². The third kappa shape index (κ3) is 13.8. The summed E-state index contributed by atoms with van der Waals surface area (Å²) in [6, 6.07) is 0. The van der Waals surface area contributed by atoms with E-state index in [1.165, 1.54) is 27.7 Å². The molecule has 0 radical (unpaired) electrons. The summed E-state index contributed by atoms with van der Waals surface area (Å²) >= 11 is 13.7. The second-order valence-corrected chi connectivity index (χ2v) is 25.7. The third-order valence-corrected chi connectivity index (χ3v) is 21.4. The first-order valence-corrected chi connectivity index (χ1v) is 28.4. The van der Waals surface area contributed by atoms with Gasteiger partial charge in [0.2, 0.25) is 0 Å². The average molecular weight is 1430 g/mol. The number of ether oxygens (including phenoxy) is 4. The molecule has 24 atom stereocenters. The van der Waals surface area contributed by atoms with Gasteiger partial charge in [-0.15, -0.1) is 0 Å². The number of carboxylic acids is 8. The number of fused-ring (bicyclic) bond motifs is 4. The normalized spacial score (nSPS) is 39.3. The standard InChI is InChI=1S/4C9H9BrO4.4C4H6O2.Ti/c4*10-6-2-1-3-5(4(2)8(11)12)9(13)14-7(3)6;4*1-3(2)4(5)6;/h4*2-7H,1H2,(H,11,12);4*1H2,2H3,(H,5,6);/q;;;;;;;;+4/p-4. The number of hydrogen-bond donors (Lipinski definition) is 4. The number of rotatable bonds is 8. The summed E-state index contributed by atoms with van der Waals surface area (Å²) in [5, 5.41) is 75.3. The Morgan fingerprint density at radius 1 is 0.370 bits per heavy atom. The van der Waals surface area contributed by atoms with Gasteiger partial charge in [-0.25, -0.2) is 19.2 Å². The molecule has 4 N–H and O–H groups in total. The van der Waals surface area contributed by atoms with Crippen molar-refractivity contribution in [2.24, 2.45) is 94.7 Å². The van der Waals surface area contributed by atoms with Gasteiger partial charge in [-0.1, -0.05) is 90.0 Å². The first-order chi connectivity index (χ1) is 37.0. The molecule has 0 spiro atoms. The van der Waals surface area contributed by atoms with E-state index in [1.807, 2.05) is 0 Å². The maximum Gasteiger partial charge on any atom is 4.00 e. The fourth-order valence-corrected chi connectivity index (χ4v) is 17.4. The number of alkyl halides is 4. The zero-order chi connectivity index (χ0) is 60.8. The zero-order valence-electron chi connectivity index (χ0n) is 43.5. The Hall–Kier alpha value is -4.77. The maximum atomic E-state index is 11.4. The molecule has 12 fully saturated rings. The summed E-state index contributed by atoms with van der Waals surface area (Å²) in [4.78, 5) is 128. The van der Waals surface area contributed by atoms with Crippen molar-refractivity contribution in [2.75, 3.05) is 0 Å². The fourth-order valence-electron chi connectivity index (χ4n) is 13.2. The molecule has 81 heavy (non-hydrogen) atoms. The quantitative estimate of drug-likeness (QED) is 0.0805. The van der Waals surface area contributed by atoms with E-state index in [4.69, 9.17) is 39.4 Å². The largest absolute Gasteiger partial charge is 4.00 e. The molecule has 4 heterocycles. The van der Waals surface area contributed by atoms with Crippen LogP contribution in [0.2, 0.25) is 0 Å². The molecule has 24 unspecified atom stereocenters. The molecule has 29 heteroatoms. The molecule has 0 amide bonds. The van der Waals surface area contributed by atoms with E-state index >= 15 is 0 Å². The number of halogens is 4. The van der Waals surface area contributed by atoms with Crippen LogP contribution in [0.15, 0.2) is 48.6 Å². The molecule has 12 aliphatic rings. The molecule has 0 aromatic heterocycles. The van der Waals surface area contributed by atoms with Crippen LogP contribution in [0, 0.1) is 94.7 Å². The van der Waals surface area contributed by atoms with Crippen molar-refractivity contribution in [1.29, 1.82) is 0 Å². The molecule has 440 valence electrons. The van der Waals surface area contributed by atoms with Gasteiger partial charge in [-0.05, 0) is 77.0 Å².